The van der Waals surface area contributed by atoms with Gasteiger partial charge in [-0.05, 0) is 55.3 Å². The molecule has 0 aliphatic heterocycles. The molecular formula is C19H20N4O3. The van der Waals surface area contributed by atoms with E-state index in [0.29, 0.717) is 22.6 Å². The number of carbonyl (C=O) groups is 3. The van der Waals surface area contributed by atoms with Crippen molar-refractivity contribution in [3.8, 4) is 0 Å². The van der Waals surface area contributed by atoms with Gasteiger partial charge in [-0.25, -0.2) is 4.79 Å². The highest BCUT2D eigenvalue weighted by Gasteiger charge is 2.29. The van der Waals surface area contributed by atoms with Crippen LogP contribution in [0.15, 0.2) is 48.5 Å². The van der Waals surface area contributed by atoms with Gasteiger partial charge in [0, 0.05) is 35.6 Å². The summed E-state index contributed by atoms with van der Waals surface area (Å²) in [5.74, 6) is -0.171. The molecule has 1 saturated carbocycles. The van der Waals surface area contributed by atoms with Crippen LogP contribution in [0.4, 0.5) is 21.9 Å². The van der Waals surface area contributed by atoms with Gasteiger partial charge in [-0.15, -0.1) is 0 Å². The molecule has 1 fully saturated rings. The SMILES string of the molecule is CNC(=O)Nc1ccc(NC(=O)c2cccc(NC(=O)C3CC3)c2)cc1. The van der Waals surface area contributed by atoms with Crippen molar-refractivity contribution < 1.29 is 14.4 Å². The summed E-state index contributed by atoms with van der Waals surface area (Å²) in [4.78, 5) is 35.5. The van der Waals surface area contributed by atoms with Crippen molar-refractivity contribution in [2.24, 2.45) is 5.92 Å². The van der Waals surface area contributed by atoms with E-state index in [2.05, 4.69) is 21.3 Å². The molecule has 2 aromatic rings. The number of carbonyl (C=O) groups excluding carboxylic acids is 3. The van der Waals surface area contributed by atoms with E-state index in [0.717, 1.165) is 12.8 Å². The van der Waals surface area contributed by atoms with Gasteiger partial charge in [-0.3, -0.25) is 9.59 Å². The zero-order valence-electron chi connectivity index (χ0n) is 14.3. The predicted molar refractivity (Wildman–Crippen MR) is 100 cm³/mol. The van der Waals surface area contributed by atoms with Crippen LogP contribution in [0.25, 0.3) is 0 Å². The van der Waals surface area contributed by atoms with E-state index in [1.807, 2.05) is 0 Å². The Labute approximate surface area is 151 Å². The van der Waals surface area contributed by atoms with Crippen molar-refractivity contribution >= 4 is 34.9 Å². The number of hydrogen-bond acceptors (Lipinski definition) is 3. The lowest BCUT2D eigenvalue weighted by molar-refractivity contribution is -0.117. The molecule has 134 valence electrons. The number of anilines is 3. The van der Waals surface area contributed by atoms with Gasteiger partial charge in [0.05, 0.1) is 0 Å². The first-order chi connectivity index (χ1) is 12.5. The van der Waals surface area contributed by atoms with Crippen LogP contribution in [0.5, 0.6) is 0 Å². The summed E-state index contributed by atoms with van der Waals surface area (Å²) in [6, 6.07) is 13.3. The van der Waals surface area contributed by atoms with Crippen LogP contribution in [-0.4, -0.2) is 24.9 Å². The second kappa shape index (κ2) is 7.69. The molecule has 0 heterocycles. The van der Waals surface area contributed by atoms with E-state index < -0.39 is 0 Å². The molecule has 0 spiro atoms. The van der Waals surface area contributed by atoms with Gasteiger partial charge in [0.15, 0.2) is 0 Å². The molecule has 0 aromatic heterocycles. The average molecular weight is 352 g/mol. The Hall–Kier alpha value is -3.35. The van der Waals surface area contributed by atoms with Crippen LogP contribution >= 0.6 is 0 Å². The van der Waals surface area contributed by atoms with E-state index in [1.165, 1.54) is 7.05 Å². The van der Waals surface area contributed by atoms with Crippen LogP contribution in [0.3, 0.4) is 0 Å². The highest BCUT2D eigenvalue weighted by Crippen LogP contribution is 2.30. The Morgan fingerprint density at radius 1 is 0.846 bits per heavy atom. The molecule has 7 heteroatoms. The minimum atomic E-state index is -0.313. The molecule has 1 aliphatic rings. The Morgan fingerprint density at radius 2 is 1.50 bits per heavy atom. The minimum Gasteiger partial charge on any atom is -0.341 e. The molecule has 7 nitrogen and oxygen atoms in total. The zero-order chi connectivity index (χ0) is 18.5. The number of hydrogen-bond donors (Lipinski definition) is 4. The Balaban J connectivity index is 1.62. The van der Waals surface area contributed by atoms with Crippen molar-refractivity contribution in [3.63, 3.8) is 0 Å². The summed E-state index contributed by atoms with van der Waals surface area (Å²) in [6.07, 6.45) is 1.85. The smallest absolute Gasteiger partial charge is 0.318 e. The zero-order valence-corrected chi connectivity index (χ0v) is 14.3. The van der Waals surface area contributed by atoms with Gasteiger partial charge < -0.3 is 21.3 Å². The first-order valence-electron chi connectivity index (χ1n) is 8.36. The number of urea groups is 1. The van der Waals surface area contributed by atoms with E-state index in [-0.39, 0.29) is 23.8 Å². The van der Waals surface area contributed by atoms with Crippen LogP contribution in [0.1, 0.15) is 23.2 Å². The maximum atomic E-state index is 12.4. The number of rotatable bonds is 5. The van der Waals surface area contributed by atoms with Crippen LogP contribution in [0.2, 0.25) is 0 Å². The molecule has 4 N–H and O–H groups in total. The molecule has 0 bridgehead atoms. The monoisotopic (exact) mass is 352 g/mol. The van der Waals surface area contributed by atoms with Crippen LogP contribution in [-0.2, 0) is 4.79 Å². The normalized spacial score (nSPS) is 12.8. The first kappa shape index (κ1) is 17.5. The number of benzene rings is 2. The topological polar surface area (TPSA) is 99.3 Å². The quantitative estimate of drug-likeness (QED) is 0.665. The number of amides is 4. The number of nitrogens with one attached hydrogen (secondary N) is 4. The van der Waals surface area contributed by atoms with E-state index in [4.69, 9.17) is 0 Å². The van der Waals surface area contributed by atoms with Gasteiger partial charge in [0.25, 0.3) is 5.91 Å². The van der Waals surface area contributed by atoms with Crippen molar-refractivity contribution in [1.29, 1.82) is 0 Å². The lowest BCUT2D eigenvalue weighted by atomic mass is 10.1. The molecule has 26 heavy (non-hydrogen) atoms. The summed E-state index contributed by atoms with van der Waals surface area (Å²) in [5.41, 5.74) is 2.28. The van der Waals surface area contributed by atoms with Crippen molar-refractivity contribution in [1.82, 2.24) is 5.32 Å². The third kappa shape index (κ3) is 4.60. The summed E-state index contributed by atoms with van der Waals surface area (Å²) in [7, 11) is 1.53. The highest BCUT2D eigenvalue weighted by atomic mass is 16.2. The van der Waals surface area contributed by atoms with Crippen molar-refractivity contribution in [2.45, 2.75) is 12.8 Å². The average Bonchev–Trinajstić information content (AvgIpc) is 3.48. The largest absolute Gasteiger partial charge is 0.341 e. The summed E-state index contributed by atoms with van der Waals surface area (Å²) < 4.78 is 0. The van der Waals surface area contributed by atoms with Crippen LogP contribution in [0, 0.1) is 5.92 Å². The summed E-state index contributed by atoms with van der Waals surface area (Å²) in [6.45, 7) is 0. The maximum absolute atomic E-state index is 12.4. The summed E-state index contributed by atoms with van der Waals surface area (Å²) in [5, 5.41) is 10.7. The maximum Gasteiger partial charge on any atom is 0.318 e. The predicted octanol–water partition coefficient (Wildman–Crippen LogP) is 3.04. The van der Waals surface area contributed by atoms with Gasteiger partial charge in [-0.1, -0.05) is 6.07 Å². The second-order valence-electron chi connectivity index (χ2n) is 6.08. The Bertz CT molecular complexity index is 829. The van der Waals surface area contributed by atoms with Gasteiger partial charge in [0.2, 0.25) is 5.91 Å². The lowest BCUT2D eigenvalue weighted by Crippen LogP contribution is -2.24. The summed E-state index contributed by atoms with van der Waals surface area (Å²) >= 11 is 0. The molecule has 1 aliphatic carbocycles. The van der Waals surface area contributed by atoms with Crippen LogP contribution < -0.4 is 21.3 Å². The Morgan fingerprint density at radius 3 is 2.12 bits per heavy atom. The van der Waals surface area contributed by atoms with Gasteiger partial charge in [-0.2, -0.15) is 0 Å². The molecule has 2 aromatic carbocycles. The fraction of sp³-hybridized carbons (Fsp3) is 0.211. The third-order valence-corrected chi connectivity index (χ3v) is 3.97. The third-order valence-electron chi connectivity index (χ3n) is 3.97. The lowest BCUT2D eigenvalue weighted by Gasteiger charge is -2.09. The second-order valence-corrected chi connectivity index (χ2v) is 6.08. The molecule has 0 unspecified atom stereocenters. The molecule has 0 saturated heterocycles. The molecule has 0 radical (unpaired) electrons. The fourth-order valence-electron chi connectivity index (χ4n) is 2.36. The molecule has 0 atom stereocenters. The Kier molecular flexibility index (Phi) is 5.17. The standard InChI is InChI=1S/C19H20N4O3/c1-20-19(26)23-15-9-7-14(8-10-15)21-18(25)13-3-2-4-16(11-13)22-17(24)12-5-6-12/h2-4,7-12H,5-6H2,1H3,(H,21,25)(H,22,24)(H2,20,23,26). The molecule has 3 rings (SSSR count). The molecule has 4 amide bonds. The van der Waals surface area contributed by atoms with Crippen molar-refractivity contribution in [3.05, 3.63) is 54.1 Å². The highest BCUT2D eigenvalue weighted by molar-refractivity contribution is 6.05. The fourth-order valence-corrected chi connectivity index (χ4v) is 2.36. The van der Waals surface area contributed by atoms with Crippen molar-refractivity contribution in [2.75, 3.05) is 23.0 Å². The minimum absolute atomic E-state index is 0.00163. The van der Waals surface area contributed by atoms with E-state index in [1.54, 1.807) is 48.5 Å². The van der Waals surface area contributed by atoms with Gasteiger partial charge >= 0.3 is 6.03 Å². The van der Waals surface area contributed by atoms with E-state index in [9.17, 15) is 14.4 Å². The van der Waals surface area contributed by atoms with Gasteiger partial charge in [0.1, 0.15) is 0 Å². The molecular weight excluding hydrogens is 332 g/mol. The first-order valence-corrected chi connectivity index (χ1v) is 8.36. The van der Waals surface area contributed by atoms with E-state index >= 15 is 0 Å².